The standard InChI is InChI=1S/C16H22N4/c1-12-18-19-16(13-8-10-14(17-2)11-9-13)20(12)15-6-4-3-5-7-15/h8-11,15,17H,3-7H2,1-2H3. The minimum Gasteiger partial charge on any atom is -0.388 e. The number of hydrogen-bond acceptors (Lipinski definition) is 3. The number of rotatable bonds is 3. The largest absolute Gasteiger partial charge is 0.388 e. The summed E-state index contributed by atoms with van der Waals surface area (Å²) in [6.07, 6.45) is 6.51. The minimum absolute atomic E-state index is 0.567. The van der Waals surface area contributed by atoms with Gasteiger partial charge >= 0.3 is 0 Å². The third-order valence-electron chi connectivity index (χ3n) is 4.24. The van der Waals surface area contributed by atoms with E-state index in [0.29, 0.717) is 6.04 Å². The van der Waals surface area contributed by atoms with Crippen molar-refractivity contribution in [3.05, 3.63) is 30.1 Å². The van der Waals surface area contributed by atoms with E-state index in [9.17, 15) is 0 Å². The molecule has 0 saturated heterocycles. The molecule has 4 heteroatoms. The Morgan fingerprint density at radius 1 is 1.05 bits per heavy atom. The second kappa shape index (κ2) is 5.65. The van der Waals surface area contributed by atoms with Crippen LogP contribution in [0.5, 0.6) is 0 Å². The Morgan fingerprint density at radius 3 is 2.40 bits per heavy atom. The lowest BCUT2D eigenvalue weighted by molar-refractivity contribution is 0.350. The molecule has 1 aliphatic carbocycles. The van der Waals surface area contributed by atoms with Crippen molar-refractivity contribution in [2.24, 2.45) is 0 Å². The highest BCUT2D eigenvalue weighted by Crippen LogP contribution is 2.32. The van der Waals surface area contributed by atoms with Crippen LogP contribution in [-0.4, -0.2) is 21.8 Å². The van der Waals surface area contributed by atoms with E-state index in [-0.39, 0.29) is 0 Å². The second-order valence-electron chi connectivity index (χ2n) is 5.56. The monoisotopic (exact) mass is 270 g/mol. The molecule has 0 radical (unpaired) electrons. The number of hydrogen-bond donors (Lipinski definition) is 1. The van der Waals surface area contributed by atoms with Gasteiger partial charge in [0, 0.05) is 24.3 Å². The zero-order valence-electron chi connectivity index (χ0n) is 12.3. The predicted octanol–water partition coefficient (Wildman–Crippen LogP) is 3.80. The molecule has 1 aliphatic rings. The third kappa shape index (κ3) is 2.42. The summed E-state index contributed by atoms with van der Waals surface area (Å²) in [5, 5.41) is 11.9. The Morgan fingerprint density at radius 2 is 1.75 bits per heavy atom. The van der Waals surface area contributed by atoms with Crippen molar-refractivity contribution in [2.45, 2.75) is 45.1 Å². The molecule has 0 unspecified atom stereocenters. The van der Waals surface area contributed by atoms with E-state index in [2.05, 4.69) is 51.3 Å². The molecule has 4 nitrogen and oxygen atoms in total. The first-order valence-electron chi connectivity index (χ1n) is 7.49. The first-order chi connectivity index (χ1) is 9.79. The van der Waals surface area contributed by atoms with Gasteiger partial charge in [0.05, 0.1) is 0 Å². The Labute approximate surface area is 120 Å². The molecule has 1 heterocycles. The zero-order valence-corrected chi connectivity index (χ0v) is 12.3. The van der Waals surface area contributed by atoms with Crippen LogP contribution in [0.25, 0.3) is 11.4 Å². The summed E-state index contributed by atoms with van der Waals surface area (Å²) in [6.45, 7) is 2.06. The average Bonchev–Trinajstić information content (AvgIpc) is 2.90. The highest BCUT2D eigenvalue weighted by Gasteiger charge is 2.21. The topological polar surface area (TPSA) is 42.7 Å². The normalized spacial score (nSPS) is 16.3. The summed E-state index contributed by atoms with van der Waals surface area (Å²) < 4.78 is 2.34. The van der Waals surface area contributed by atoms with E-state index in [1.807, 2.05) is 7.05 Å². The molecule has 106 valence electrons. The smallest absolute Gasteiger partial charge is 0.164 e. The number of nitrogens with zero attached hydrogens (tertiary/aromatic N) is 3. The van der Waals surface area contributed by atoms with Gasteiger partial charge in [0.15, 0.2) is 5.82 Å². The van der Waals surface area contributed by atoms with Gasteiger partial charge < -0.3 is 9.88 Å². The molecular formula is C16H22N4. The van der Waals surface area contributed by atoms with Crippen LogP contribution in [0.3, 0.4) is 0 Å². The fraction of sp³-hybridized carbons (Fsp3) is 0.500. The molecule has 1 saturated carbocycles. The summed E-state index contributed by atoms with van der Waals surface area (Å²) in [5.41, 5.74) is 2.27. The van der Waals surface area contributed by atoms with Gasteiger partial charge in [-0.25, -0.2) is 0 Å². The van der Waals surface area contributed by atoms with Crippen molar-refractivity contribution in [3.63, 3.8) is 0 Å². The van der Waals surface area contributed by atoms with Crippen LogP contribution in [0, 0.1) is 6.92 Å². The highest BCUT2D eigenvalue weighted by atomic mass is 15.3. The summed E-state index contributed by atoms with van der Waals surface area (Å²) in [5.74, 6) is 2.04. The first kappa shape index (κ1) is 13.2. The van der Waals surface area contributed by atoms with Crippen molar-refractivity contribution in [2.75, 3.05) is 12.4 Å². The molecule has 0 spiro atoms. The van der Waals surface area contributed by atoms with Crippen molar-refractivity contribution in [1.29, 1.82) is 0 Å². The Hall–Kier alpha value is -1.84. The van der Waals surface area contributed by atoms with E-state index >= 15 is 0 Å². The fourth-order valence-corrected chi connectivity index (χ4v) is 3.13. The molecule has 3 rings (SSSR count). The molecule has 1 N–H and O–H groups in total. The predicted molar refractivity (Wildman–Crippen MR) is 81.9 cm³/mol. The minimum atomic E-state index is 0.567. The number of nitrogens with one attached hydrogen (secondary N) is 1. The molecule has 0 amide bonds. The Kier molecular flexibility index (Phi) is 3.72. The van der Waals surface area contributed by atoms with Crippen LogP contribution in [0.1, 0.15) is 44.0 Å². The van der Waals surface area contributed by atoms with Gasteiger partial charge in [-0.15, -0.1) is 10.2 Å². The maximum absolute atomic E-state index is 4.41. The van der Waals surface area contributed by atoms with E-state index in [0.717, 1.165) is 22.9 Å². The molecule has 0 atom stereocenters. The first-order valence-corrected chi connectivity index (χ1v) is 7.49. The lowest BCUT2D eigenvalue weighted by atomic mass is 9.95. The number of benzene rings is 1. The third-order valence-corrected chi connectivity index (χ3v) is 4.24. The Bertz CT molecular complexity index is 565. The van der Waals surface area contributed by atoms with Crippen LogP contribution in [0.2, 0.25) is 0 Å². The van der Waals surface area contributed by atoms with Crippen molar-refractivity contribution in [3.8, 4) is 11.4 Å². The van der Waals surface area contributed by atoms with Crippen LogP contribution >= 0.6 is 0 Å². The molecule has 2 aromatic rings. The number of aromatic nitrogens is 3. The average molecular weight is 270 g/mol. The molecule has 0 aliphatic heterocycles. The molecule has 1 aromatic carbocycles. The Balaban J connectivity index is 1.96. The number of anilines is 1. The molecular weight excluding hydrogens is 248 g/mol. The van der Waals surface area contributed by atoms with Crippen LogP contribution in [-0.2, 0) is 0 Å². The summed E-state index contributed by atoms with van der Waals surface area (Å²) in [6, 6.07) is 8.98. The van der Waals surface area contributed by atoms with Crippen LogP contribution in [0.4, 0.5) is 5.69 Å². The van der Waals surface area contributed by atoms with Gasteiger partial charge in [-0.05, 0) is 44.0 Å². The van der Waals surface area contributed by atoms with Crippen LogP contribution < -0.4 is 5.32 Å². The van der Waals surface area contributed by atoms with Gasteiger partial charge in [0.1, 0.15) is 5.82 Å². The van der Waals surface area contributed by atoms with Gasteiger partial charge in [-0.3, -0.25) is 0 Å². The molecule has 1 aromatic heterocycles. The second-order valence-corrected chi connectivity index (χ2v) is 5.56. The van der Waals surface area contributed by atoms with Crippen molar-refractivity contribution < 1.29 is 0 Å². The molecule has 1 fully saturated rings. The van der Waals surface area contributed by atoms with E-state index < -0.39 is 0 Å². The van der Waals surface area contributed by atoms with E-state index in [1.165, 1.54) is 32.1 Å². The van der Waals surface area contributed by atoms with Crippen molar-refractivity contribution in [1.82, 2.24) is 14.8 Å². The summed E-state index contributed by atoms with van der Waals surface area (Å²) in [7, 11) is 1.93. The van der Waals surface area contributed by atoms with E-state index in [1.54, 1.807) is 0 Å². The summed E-state index contributed by atoms with van der Waals surface area (Å²) >= 11 is 0. The van der Waals surface area contributed by atoms with Gasteiger partial charge in [0.25, 0.3) is 0 Å². The highest BCUT2D eigenvalue weighted by molar-refractivity contribution is 5.60. The maximum Gasteiger partial charge on any atom is 0.164 e. The van der Waals surface area contributed by atoms with Crippen LogP contribution in [0.15, 0.2) is 24.3 Å². The van der Waals surface area contributed by atoms with Gasteiger partial charge in [-0.2, -0.15) is 0 Å². The maximum atomic E-state index is 4.41. The van der Waals surface area contributed by atoms with Crippen molar-refractivity contribution >= 4 is 5.69 Å². The molecule has 0 bridgehead atoms. The van der Waals surface area contributed by atoms with Gasteiger partial charge in [0.2, 0.25) is 0 Å². The molecule has 20 heavy (non-hydrogen) atoms. The lowest BCUT2D eigenvalue weighted by Gasteiger charge is -2.25. The fourth-order valence-electron chi connectivity index (χ4n) is 3.13. The van der Waals surface area contributed by atoms with E-state index in [4.69, 9.17) is 0 Å². The number of aryl methyl sites for hydroxylation is 1. The zero-order chi connectivity index (χ0) is 13.9. The lowest BCUT2D eigenvalue weighted by Crippen LogP contribution is -2.15. The van der Waals surface area contributed by atoms with Gasteiger partial charge in [-0.1, -0.05) is 19.3 Å². The quantitative estimate of drug-likeness (QED) is 0.922. The summed E-state index contributed by atoms with van der Waals surface area (Å²) in [4.78, 5) is 0. The SMILES string of the molecule is CNc1ccc(-c2nnc(C)n2C2CCCCC2)cc1.